The van der Waals surface area contributed by atoms with E-state index in [-0.39, 0.29) is 16.9 Å². The number of carbonyl (C=O) groups is 1. The number of anilines is 1. The number of nitro benzene ring substituents is 1. The Kier molecular flexibility index (Phi) is 4.13. The van der Waals surface area contributed by atoms with Crippen LogP contribution in [0, 0.1) is 17.0 Å². The minimum atomic E-state index is -1.19. The fourth-order valence-corrected chi connectivity index (χ4v) is 2.45. The average Bonchev–Trinajstić information content (AvgIpc) is 2.84. The molecular formula is C14H18N2O5. The van der Waals surface area contributed by atoms with Crippen molar-refractivity contribution in [1.82, 2.24) is 0 Å². The molecule has 1 aliphatic rings. The van der Waals surface area contributed by atoms with E-state index >= 15 is 0 Å². The molecule has 0 aliphatic carbocycles. The van der Waals surface area contributed by atoms with Gasteiger partial charge < -0.3 is 15.2 Å². The van der Waals surface area contributed by atoms with Crippen molar-refractivity contribution in [2.75, 3.05) is 18.5 Å². The van der Waals surface area contributed by atoms with E-state index in [1.54, 1.807) is 6.92 Å². The van der Waals surface area contributed by atoms with E-state index in [1.807, 2.05) is 6.92 Å². The van der Waals surface area contributed by atoms with Crippen LogP contribution in [-0.4, -0.2) is 34.8 Å². The highest BCUT2D eigenvalue weighted by Crippen LogP contribution is 2.30. The first-order valence-corrected chi connectivity index (χ1v) is 6.72. The Labute approximate surface area is 122 Å². The lowest BCUT2D eigenvalue weighted by Gasteiger charge is -2.24. The number of nitrogens with zero attached hydrogens (tertiary/aromatic N) is 1. The zero-order valence-corrected chi connectivity index (χ0v) is 12.0. The molecule has 1 fully saturated rings. The molecular weight excluding hydrogens is 276 g/mol. The van der Waals surface area contributed by atoms with Gasteiger partial charge in [0.1, 0.15) is 0 Å². The first-order valence-electron chi connectivity index (χ1n) is 6.72. The number of hydrogen-bond acceptors (Lipinski definition) is 5. The molecule has 0 aromatic heterocycles. The molecule has 1 aromatic rings. The van der Waals surface area contributed by atoms with Gasteiger partial charge in [-0.05, 0) is 32.8 Å². The minimum Gasteiger partial charge on any atom is -0.478 e. The Morgan fingerprint density at radius 3 is 2.81 bits per heavy atom. The van der Waals surface area contributed by atoms with Gasteiger partial charge in [0, 0.05) is 30.5 Å². The van der Waals surface area contributed by atoms with Crippen molar-refractivity contribution in [3.8, 4) is 0 Å². The number of carboxylic acids is 1. The SMILES string of the molecule is Cc1c(NCC2(C)CCCO2)cc(C(=O)O)cc1[N+](=O)[O-]. The number of ether oxygens (including phenoxy) is 1. The van der Waals surface area contributed by atoms with E-state index in [1.165, 1.54) is 6.07 Å². The van der Waals surface area contributed by atoms with Gasteiger partial charge in [-0.25, -0.2) is 4.79 Å². The minimum absolute atomic E-state index is 0.104. The maximum absolute atomic E-state index is 11.1. The van der Waals surface area contributed by atoms with Crippen molar-refractivity contribution in [2.45, 2.75) is 32.3 Å². The van der Waals surface area contributed by atoms with Gasteiger partial charge in [0.05, 0.1) is 16.1 Å². The Hall–Kier alpha value is -2.15. The topological polar surface area (TPSA) is 102 Å². The standard InChI is InChI=1S/C14H18N2O5/c1-9-11(15-8-14(2)4-3-5-21-14)6-10(13(17)18)7-12(9)16(19)20/h6-7,15H,3-5,8H2,1-2H3,(H,17,18). The monoisotopic (exact) mass is 294 g/mol. The van der Waals surface area contributed by atoms with Crippen molar-refractivity contribution in [2.24, 2.45) is 0 Å². The van der Waals surface area contributed by atoms with Gasteiger partial charge in [0.15, 0.2) is 0 Å². The number of rotatable bonds is 5. The number of nitro groups is 1. The van der Waals surface area contributed by atoms with Crippen LogP contribution < -0.4 is 5.32 Å². The average molecular weight is 294 g/mol. The first-order chi connectivity index (χ1) is 9.82. The molecule has 0 amide bonds. The molecule has 0 spiro atoms. The van der Waals surface area contributed by atoms with E-state index in [0.717, 1.165) is 18.9 Å². The van der Waals surface area contributed by atoms with Crippen LogP contribution >= 0.6 is 0 Å². The zero-order valence-electron chi connectivity index (χ0n) is 12.0. The molecule has 1 aromatic carbocycles. The normalized spacial score (nSPS) is 21.2. The lowest BCUT2D eigenvalue weighted by molar-refractivity contribution is -0.385. The lowest BCUT2D eigenvalue weighted by Crippen LogP contribution is -2.32. The Morgan fingerprint density at radius 1 is 1.57 bits per heavy atom. The van der Waals surface area contributed by atoms with Gasteiger partial charge in [-0.2, -0.15) is 0 Å². The largest absolute Gasteiger partial charge is 0.478 e. The van der Waals surface area contributed by atoms with Crippen LogP contribution in [0.4, 0.5) is 11.4 Å². The second-order valence-electron chi connectivity index (χ2n) is 5.49. The molecule has 1 aliphatic heterocycles. The summed E-state index contributed by atoms with van der Waals surface area (Å²) in [6, 6.07) is 2.50. The van der Waals surface area contributed by atoms with Gasteiger partial charge in [0.25, 0.3) is 5.69 Å². The third-order valence-electron chi connectivity index (χ3n) is 3.78. The van der Waals surface area contributed by atoms with E-state index < -0.39 is 10.9 Å². The van der Waals surface area contributed by atoms with Gasteiger partial charge in [-0.3, -0.25) is 10.1 Å². The summed E-state index contributed by atoms with van der Waals surface area (Å²) in [5.74, 6) is -1.19. The highest BCUT2D eigenvalue weighted by Gasteiger charge is 2.30. The molecule has 7 heteroatoms. The third-order valence-corrected chi connectivity index (χ3v) is 3.78. The van der Waals surface area contributed by atoms with Crippen LogP contribution in [0.3, 0.4) is 0 Å². The van der Waals surface area contributed by atoms with Crippen molar-refractivity contribution in [1.29, 1.82) is 0 Å². The fourth-order valence-electron chi connectivity index (χ4n) is 2.45. The second-order valence-corrected chi connectivity index (χ2v) is 5.49. The summed E-state index contributed by atoms with van der Waals surface area (Å²) in [6.45, 7) is 4.75. The molecule has 1 atom stereocenters. The van der Waals surface area contributed by atoms with Crippen molar-refractivity contribution >= 4 is 17.3 Å². The number of carboxylic acid groups (broad SMARTS) is 1. The predicted octanol–water partition coefficient (Wildman–Crippen LogP) is 2.58. The Morgan fingerprint density at radius 2 is 2.29 bits per heavy atom. The van der Waals surface area contributed by atoms with Crippen LogP contribution in [0.5, 0.6) is 0 Å². The summed E-state index contributed by atoms with van der Waals surface area (Å²) in [7, 11) is 0. The first kappa shape index (κ1) is 15.2. The van der Waals surface area contributed by atoms with Gasteiger partial charge >= 0.3 is 5.97 Å². The van der Waals surface area contributed by atoms with Crippen molar-refractivity contribution < 1.29 is 19.6 Å². The van der Waals surface area contributed by atoms with Crippen LogP contribution in [0.1, 0.15) is 35.7 Å². The Balaban J connectivity index is 2.29. The summed E-state index contributed by atoms with van der Waals surface area (Å²) in [5.41, 5.74) is 0.257. The quantitative estimate of drug-likeness (QED) is 0.639. The molecule has 1 saturated heterocycles. The molecule has 21 heavy (non-hydrogen) atoms. The molecule has 114 valence electrons. The van der Waals surface area contributed by atoms with Gasteiger partial charge in [-0.1, -0.05) is 0 Å². The lowest BCUT2D eigenvalue weighted by atomic mass is 10.0. The summed E-state index contributed by atoms with van der Waals surface area (Å²) in [6.07, 6.45) is 1.88. The summed E-state index contributed by atoms with van der Waals surface area (Å²) < 4.78 is 5.64. The number of aromatic carboxylic acids is 1. The number of nitrogens with one attached hydrogen (secondary N) is 1. The van der Waals surface area contributed by atoms with Crippen LogP contribution in [0.15, 0.2) is 12.1 Å². The van der Waals surface area contributed by atoms with Crippen LogP contribution in [-0.2, 0) is 4.74 Å². The molecule has 0 saturated carbocycles. The third kappa shape index (κ3) is 3.30. The van der Waals surface area contributed by atoms with Gasteiger partial charge in [0.2, 0.25) is 0 Å². The maximum atomic E-state index is 11.1. The molecule has 2 rings (SSSR count). The highest BCUT2D eigenvalue weighted by atomic mass is 16.6. The maximum Gasteiger partial charge on any atom is 0.336 e. The smallest absolute Gasteiger partial charge is 0.336 e. The molecule has 2 N–H and O–H groups in total. The summed E-state index contributed by atoms with van der Waals surface area (Å²) >= 11 is 0. The molecule has 1 unspecified atom stereocenters. The summed E-state index contributed by atoms with van der Waals surface area (Å²) in [5, 5.41) is 23.2. The van der Waals surface area contributed by atoms with Crippen LogP contribution in [0.2, 0.25) is 0 Å². The van der Waals surface area contributed by atoms with Crippen LogP contribution in [0.25, 0.3) is 0 Å². The van der Waals surface area contributed by atoms with E-state index in [9.17, 15) is 14.9 Å². The second kappa shape index (κ2) is 5.69. The molecule has 1 heterocycles. The number of benzene rings is 1. The Bertz CT molecular complexity index is 579. The highest BCUT2D eigenvalue weighted by molar-refractivity contribution is 5.90. The molecule has 0 radical (unpaired) electrons. The van der Waals surface area contributed by atoms with E-state index in [0.29, 0.717) is 24.4 Å². The fraction of sp³-hybridized carbons (Fsp3) is 0.500. The molecule has 0 bridgehead atoms. The van der Waals surface area contributed by atoms with E-state index in [4.69, 9.17) is 9.84 Å². The zero-order chi connectivity index (χ0) is 15.6. The molecule has 7 nitrogen and oxygen atoms in total. The van der Waals surface area contributed by atoms with Crippen molar-refractivity contribution in [3.63, 3.8) is 0 Å². The van der Waals surface area contributed by atoms with Gasteiger partial charge in [-0.15, -0.1) is 0 Å². The summed E-state index contributed by atoms with van der Waals surface area (Å²) in [4.78, 5) is 21.6. The predicted molar refractivity (Wildman–Crippen MR) is 76.9 cm³/mol. The number of hydrogen-bond donors (Lipinski definition) is 2. The van der Waals surface area contributed by atoms with Crippen molar-refractivity contribution in [3.05, 3.63) is 33.4 Å². The van der Waals surface area contributed by atoms with E-state index in [2.05, 4.69) is 5.32 Å².